The third-order valence-corrected chi connectivity index (χ3v) is 3.24. The van der Waals surface area contributed by atoms with Crippen LogP contribution in [0.25, 0.3) is 0 Å². The summed E-state index contributed by atoms with van der Waals surface area (Å²) in [6.07, 6.45) is 1.68. The molecular formula is C17H29FIN3O2. The first kappa shape index (κ1) is 22.9. The largest absolute Gasteiger partial charge is 0.489 e. The summed E-state index contributed by atoms with van der Waals surface area (Å²) in [5.74, 6) is 0.971. The van der Waals surface area contributed by atoms with E-state index in [-0.39, 0.29) is 35.9 Å². The van der Waals surface area contributed by atoms with Gasteiger partial charge in [0.2, 0.25) is 0 Å². The Morgan fingerprint density at radius 2 is 2.08 bits per heavy atom. The highest BCUT2D eigenvalue weighted by Crippen LogP contribution is 2.14. The normalized spacial score (nSPS) is 12.2. The molecule has 0 spiro atoms. The Morgan fingerprint density at radius 3 is 2.71 bits per heavy atom. The predicted octanol–water partition coefficient (Wildman–Crippen LogP) is 3.19. The van der Waals surface area contributed by atoms with Crippen LogP contribution in [-0.2, 0) is 4.74 Å². The third kappa shape index (κ3) is 9.92. The molecule has 0 aliphatic carbocycles. The Morgan fingerprint density at radius 1 is 1.29 bits per heavy atom. The molecule has 7 heteroatoms. The van der Waals surface area contributed by atoms with Crippen LogP contribution in [0.2, 0.25) is 0 Å². The van der Waals surface area contributed by atoms with Crippen molar-refractivity contribution in [1.82, 2.24) is 10.6 Å². The fourth-order valence-corrected chi connectivity index (χ4v) is 1.96. The molecule has 1 atom stereocenters. The van der Waals surface area contributed by atoms with Gasteiger partial charge in [0.15, 0.2) is 5.96 Å². The minimum absolute atomic E-state index is 0. The van der Waals surface area contributed by atoms with Gasteiger partial charge in [-0.2, -0.15) is 0 Å². The average molecular weight is 453 g/mol. The molecule has 0 aliphatic rings. The molecule has 2 N–H and O–H groups in total. The Bertz CT molecular complexity index is 475. The zero-order valence-electron chi connectivity index (χ0n) is 14.7. The maximum absolute atomic E-state index is 13.2. The molecule has 0 radical (unpaired) electrons. The summed E-state index contributed by atoms with van der Waals surface area (Å²) in [7, 11) is 1.73. The van der Waals surface area contributed by atoms with Gasteiger partial charge in [-0.05, 0) is 31.9 Å². The molecule has 138 valence electrons. The van der Waals surface area contributed by atoms with E-state index in [0.717, 1.165) is 38.6 Å². The van der Waals surface area contributed by atoms with E-state index in [1.54, 1.807) is 19.2 Å². The minimum Gasteiger partial charge on any atom is -0.489 e. The number of nitrogens with zero attached hydrogens (tertiary/aromatic N) is 1. The van der Waals surface area contributed by atoms with Crippen LogP contribution in [0, 0.1) is 5.82 Å². The number of guanidine groups is 1. The van der Waals surface area contributed by atoms with Gasteiger partial charge in [-0.3, -0.25) is 4.99 Å². The van der Waals surface area contributed by atoms with E-state index in [1.807, 2.05) is 13.8 Å². The van der Waals surface area contributed by atoms with Crippen molar-refractivity contribution in [3.05, 3.63) is 30.1 Å². The molecule has 0 heterocycles. The maximum atomic E-state index is 13.2. The Labute approximate surface area is 161 Å². The Balaban J connectivity index is 0.00000529. The highest BCUT2D eigenvalue weighted by atomic mass is 127. The summed E-state index contributed by atoms with van der Waals surface area (Å²) >= 11 is 0. The topological polar surface area (TPSA) is 54.9 Å². The Hall–Kier alpha value is -1.09. The minimum atomic E-state index is -0.294. The summed E-state index contributed by atoms with van der Waals surface area (Å²) in [5.41, 5.74) is 0. The molecule has 24 heavy (non-hydrogen) atoms. The van der Waals surface area contributed by atoms with Crippen molar-refractivity contribution >= 4 is 29.9 Å². The van der Waals surface area contributed by atoms with Gasteiger partial charge in [0, 0.05) is 32.9 Å². The zero-order valence-corrected chi connectivity index (χ0v) is 17.0. The number of nitrogens with one attached hydrogen (secondary N) is 2. The van der Waals surface area contributed by atoms with Crippen molar-refractivity contribution in [2.24, 2.45) is 4.99 Å². The summed E-state index contributed by atoms with van der Waals surface area (Å²) in [6, 6.07) is 6.19. The van der Waals surface area contributed by atoms with Crippen LogP contribution in [0.1, 0.15) is 26.7 Å². The molecule has 5 nitrogen and oxygen atoms in total. The fourth-order valence-electron chi connectivity index (χ4n) is 1.96. The highest BCUT2D eigenvalue weighted by Gasteiger charge is 2.09. The van der Waals surface area contributed by atoms with Gasteiger partial charge in [-0.1, -0.05) is 13.0 Å². The lowest BCUT2D eigenvalue weighted by Crippen LogP contribution is -2.42. The van der Waals surface area contributed by atoms with Gasteiger partial charge in [0.25, 0.3) is 0 Å². The molecule has 1 aromatic rings. The second kappa shape index (κ2) is 14.3. The second-order valence-electron chi connectivity index (χ2n) is 5.04. The summed E-state index contributed by atoms with van der Waals surface area (Å²) in [5, 5.41) is 6.45. The summed E-state index contributed by atoms with van der Waals surface area (Å²) in [6.45, 7) is 6.88. The number of rotatable bonds is 10. The molecule has 0 saturated heterocycles. The second-order valence-corrected chi connectivity index (χ2v) is 5.04. The first-order valence-corrected chi connectivity index (χ1v) is 8.14. The molecule has 0 saturated carbocycles. The quantitative estimate of drug-likeness (QED) is 0.247. The van der Waals surface area contributed by atoms with Crippen LogP contribution < -0.4 is 15.4 Å². The monoisotopic (exact) mass is 453 g/mol. The zero-order chi connectivity index (χ0) is 16.9. The molecule has 0 aliphatic heterocycles. The van der Waals surface area contributed by atoms with E-state index < -0.39 is 0 Å². The standard InChI is InChI=1S/C17H28FN3O2.HI/c1-4-15(23-16-9-6-8-14(18)12-16)13-21-17(19-3)20-10-7-11-22-5-2;/h6,8-9,12,15H,4-5,7,10-11,13H2,1-3H3,(H2,19,20,21);1H. The van der Waals surface area contributed by atoms with Crippen molar-refractivity contribution in [3.8, 4) is 5.75 Å². The lowest BCUT2D eigenvalue weighted by molar-refractivity contribution is 0.145. The van der Waals surface area contributed by atoms with Crippen LogP contribution >= 0.6 is 24.0 Å². The maximum Gasteiger partial charge on any atom is 0.191 e. The number of aliphatic imine (C=N–C) groups is 1. The van der Waals surface area contributed by atoms with Crippen LogP contribution in [0.3, 0.4) is 0 Å². The van der Waals surface area contributed by atoms with Gasteiger partial charge in [-0.15, -0.1) is 24.0 Å². The smallest absolute Gasteiger partial charge is 0.191 e. The number of ether oxygens (including phenoxy) is 2. The summed E-state index contributed by atoms with van der Waals surface area (Å²) < 4.78 is 24.3. The Kier molecular flexibility index (Phi) is 13.6. The lowest BCUT2D eigenvalue weighted by Gasteiger charge is -2.20. The van der Waals surface area contributed by atoms with Crippen molar-refractivity contribution < 1.29 is 13.9 Å². The lowest BCUT2D eigenvalue weighted by atomic mass is 10.2. The van der Waals surface area contributed by atoms with E-state index >= 15 is 0 Å². The number of hydrogen-bond acceptors (Lipinski definition) is 3. The summed E-state index contributed by atoms with van der Waals surface area (Å²) in [4.78, 5) is 4.17. The van der Waals surface area contributed by atoms with Crippen molar-refractivity contribution in [2.75, 3.05) is 33.4 Å². The molecule has 0 fully saturated rings. The number of halogens is 2. The van der Waals surface area contributed by atoms with Crippen LogP contribution in [0.15, 0.2) is 29.3 Å². The molecule has 0 amide bonds. The number of benzene rings is 1. The predicted molar refractivity (Wildman–Crippen MR) is 107 cm³/mol. The first-order chi connectivity index (χ1) is 11.2. The molecule has 0 aromatic heterocycles. The van der Waals surface area contributed by atoms with Gasteiger partial charge in [0.1, 0.15) is 17.7 Å². The van der Waals surface area contributed by atoms with Crippen molar-refractivity contribution in [2.45, 2.75) is 32.8 Å². The fraction of sp³-hybridized carbons (Fsp3) is 0.588. The van der Waals surface area contributed by atoms with Crippen LogP contribution in [0.4, 0.5) is 4.39 Å². The van der Waals surface area contributed by atoms with Gasteiger partial charge in [0.05, 0.1) is 6.54 Å². The van der Waals surface area contributed by atoms with Crippen molar-refractivity contribution in [3.63, 3.8) is 0 Å². The van der Waals surface area contributed by atoms with Gasteiger partial charge < -0.3 is 20.1 Å². The van der Waals surface area contributed by atoms with Gasteiger partial charge in [-0.25, -0.2) is 4.39 Å². The molecule has 1 unspecified atom stereocenters. The SMILES string of the molecule is CCOCCCNC(=NC)NCC(CC)Oc1cccc(F)c1.I. The molecular weight excluding hydrogens is 424 g/mol. The molecule has 1 rings (SSSR count). The van der Waals surface area contributed by atoms with E-state index in [4.69, 9.17) is 9.47 Å². The highest BCUT2D eigenvalue weighted by molar-refractivity contribution is 14.0. The molecule has 0 bridgehead atoms. The van der Waals surface area contributed by atoms with Gasteiger partial charge >= 0.3 is 0 Å². The molecule has 1 aromatic carbocycles. The van der Waals surface area contributed by atoms with E-state index in [2.05, 4.69) is 15.6 Å². The third-order valence-electron chi connectivity index (χ3n) is 3.24. The average Bonchev–Trinajstić information content (AvgIpc) is 2.56. The van der Waals surface area contributed by atoms with Crippen molar-refractivity contribution in [1.29, 1.82) is 0 Å². The van der Waals surface area contributed by atoms with E-state index in [1.165, 1.54) is 12.1 Å². The van der Waals surface area contributed by atoms with E-state index in [9.17, 15) is 4.39 Å². The van der Waals surface area contributed by atoms with Crippen LogP contribution in [0.5, 0.6) is 5.75 Å². The first-order valence-electron chi connectivity index (χ1n) is 8.14. The van der Waals surface area contributed by atoms with E-state index in [0.29, 0.717) is 12.3 Å². The number of hydrogen-bond donors (Lipinski definition) is 2. The van der Waals surface area contributed by atoms with Crippen LogP contribution in [-0.4, -0.2) is 45.4 Å².